The van der Waals surface area contributed by atoms with Gasteiger partial charge in [-0.1, -0.05) is 11.6 Å². The highest BCUT2D eigenvalue weighted by molar-refractivity contribution is 6.30. The number of fused-ring (bicyclic) bond motifs is 1. The molecule has 192 valence electrons. The van der Waals surface area contributed by atoms with E-state index in [1.54, 1.807) is 11.0 Å². The van der Waals surface area contributed by atoms with E-state index in [0.717, 1.165) is 6.07 Å². The van der Waals surface area contributed by atoms with Gasteiger partial charge in [-0.3, -0.25) is 9.69 Å². The summed E-state index contributed by atoms with van der Waals surface area (Å²) in [5.41, 5.74) is 0.462. The minimum absolute atomic E-state index is 0.0160. The lowest BCUT2D eigenvalue weighted by molar-refractivity contribution is -0.286. The van der Waals surface area contributed by atoms with Crippen LogP contribution < -0.4 is 24.4 Å². The Morgan fingerprint density at radius 3 is 2.58 bits per heavy atom. The number of ether oxygens (including phenoxy) is 3. The fourth-order valence-electron chi connectivity index (χ4n) is 4.75. The van der Waals surface area contributed by atoms with Gasteiger partial charge in [0.15, 0.2) is 18.1 Å². The second kappa shape index (κ2) is 9.61. The quantitative estimate of drug-likeness (QED) is 0.598. The van der Waals surface area contributed by atoms with Gasteiger partial charge in [-0.2, -0.15) is 0 Å². The van der Waals surface area contributed by atoms with E-state index in [-0.39, 0.29) is 52.9 Å². The molecule has 0 atom stereocenters. The molecule has 2 aromatic carbocycles. The van der Waals surface area contributed by atoms with Gasteiger partial charge in [0.2, 0.25) is 0 Å². The summed E-state index contributed by atoms with van der Waals surface area (Å²) in [7, 11) is 0. The average Bonchev–Trinajstić information content (AvgIpc) is 3.37. The molecule has 2 aliphatic heterocycles. The number of nitrogens with zero attached hydrogens (tertiary/aromatic N) is 2. The van der Waals surface area contributed by atoms with Gasteiger partial charge in [-0.25, -0.2) is 9.18 Å². The first-order valence-electron chi connectivity index (χ1n) is 11.5. The van der Waals surface area contributed by atoms with Crippen LogP contribution in [0.4, 0.5) is 23.7 Å². The Balaban J connectivity index is 1.10. The zero-order valence-corrected chi connectivity index (χ0v) is 19.8. The van der Waals surface area contributed by atoms with Crippen LogP contribution in [0.1, 0.15) is 25.7 Å². The minimum Gasteiger partial charge on any atom is -0.484 e. The Kier molecular flexibility index (Phi) is 6.50. The van der Waals surface area contributed by atoms with Crippen LogP contribution in [0.3, 0.4) is 0 Å². The van der Waals surface area contributed by atoms with Crippen LogP contribution in [-0.4, -0.2) is 54.9 Å². The maximum Gasteiger partial charge on any atom is 0.586 e. The summed E-state index contributed by atoms with van der Waals surface area (Å²) in [4.78, 5) is 28.6. The van der Waals surface area contributed by atoms with Gasteiger partial charge in [0.05, 0.1) is 5.02 Å². The number of rotatable bonds is 6. The average molecular weight is 526 g/mol. The number of carbonyl (C=O) groups is 2. The van der Waals surface area contributed by atoms with E-state index in [9.17, 15) is 22.8 Å². The Labute approximate surface area is 209 Å². The molecule has 1 aliphatic carbocycles. The maximum atomic E-state index is 13.5. The highest BCUT2D eigenvalue weighted by atomic mass is 35.5. The summed E-state index contributed by atoms with van der Waals surface area (Å²) < 4.78 is 54.3. The fraction of sp³-hybridized carbons (Fsp3) is 0.417. The topological polar surface area (TPSA) is 80.3 Å². The summed E-state index contributed by atoms with van der Waals surface area (Å²) in [6, 6.07) is 8.03. The number of amides is 3. The Hall–Kier alpha value is -3.34. The third-order valence-electron chi connectivity index (χ3n) is 6.50. The van der Waals surface area contributed by atoms with E-state index in [1.807, 2.05) is 0 Å². The van der Waals surface area contributed by atoms with Gasteiger partial charge < -0.3 is 24.4 Å². The van der Waals surface area contributed by atoms with Crippen LogP contribution in [0.25, 0.3) is 0 Å². The van der Waals surface area contributed by atoms with Crippen molar-refractivity contribution in [3.63, 3.8) is 0 Å². The van der Waals surface area contributed by atoms with E-state index >= 15 is 0 Å². The smallest absolute Gasteiger partial charge is 0.484 e. The van der Waals surface area contributed by atoms with E-state index < -0.39 is 12.1 Å². The lowest BCUT2D eigenvalue weighted by Crippen LogP contribution is -2.46. The normalized spacial score (nSPS) is 22.6. The highest BCUT2D eigenvalue weighted by Crippen LogP contribution is 2.43. The first-order chi connectivity index (χ1) is 17.2. The van der Waals surface area contributed by atoms with Crippen molar-refractivity contribution in [3.05, 3.63) is 47.2 Å². The molecule has 3 amide bonds. The third kappa shape index (κ3) is 5.11. The summed E-state index contributed by atoms with van der Waals surface area (Å²) >= 11 is 5.64. The Morgan fingerprint density at radius 2 is 1.83 bits per heavy atom. The first-order valence-corrected chi connectivity index (χ1v) is 11.9. The molecule has 12 heteroatoms. The number of anilines is 1. The molecule has 1 N–H and O–H groups in total. The maximum absolute atomic E-state index is 13.5. The van der Waals surface area contributed by atoms with Crippen molar-refractivity contribution in [2.24, 2.45) is 0 Å². The molecule has 3 aliphatic rings. The van der Waals surface area contributed by atoms with Gasteiger partial charge >= 0.3 is 12.3 Å². The van der Waals surface area contributed by atoms with Crippen molar-refractivity contribution < 1.29 is 37.0 Å². The Bertz CT molecular complexity index is 1180. The number of nitrogens with one attached hydrogen (secondary N) is 1. The lowest BCUT2D eigenvalue weighted by atomic mass is 9.90. The molecule has 5 rings (SSSR count). The molecule has 2 fully saturated rings. The van der Waals surface area contributed by atoms with Crippen molar-refractivity contribution in [1.82, 2.24) is 10.2 Å². The zero-order valence-electron chi connectivity index (χ0n) is 19.0. The highest BCUT2D eigenvalue weighted by Gasteiger charge is 2.44. The molecule has 0 spiro atoms. The van der Waals surface area contributed by atoms with E-state index in [2.05, 4.69) is 14.8 Å². The molecule has 0 bridgehead atoms. The second-order valence-corrected chi connectivity index (χ2v) is 9.27. The van der Waals surface area contributed by atoms with Crippen molar-refractivity contribution in [3.8, 4) is 17.2 Å². The molecule has 0 aromatic heterocycles. The van der Waals surface area contributed by atoms with Gasteiger partial charge in [-0.05, 0) is 49.9 Å². The molecule has 8 nitrogen and oxygen atoms in total. The van der Waals surface area contributed by atoms with E-state index in [0.29, 0.717) is 44.5 Å². The number of alkyl halides is 2. The van der Waals surface area contributed by atoms with Crippen LogP contribution in [0.2, 0.25) is 5.02 Å². The number of carbonyl (C=O) groups excluding carboxylic acids is 2. The van der Waals surface area contributed by atoms with Gasteiger partial charge in [-0.15, -0.1) is 8.78 Å². The van der Waals surface area contributed by atoms with Crippen LogP contribution >= 0.6 is 11.6 Å². The first kappa shape index (κ1) is 24.4. The van der Waals surface area contributed by atoms with Crippen molar-refractivity contribution in [2.75, 3.05) is 24.6 Å². The number of urea groups is 1. The molecule has 2 aromatic rings. The largest absolute Gasteiger partial charge is 0.586 e. The van der Waals surface area contributed by atoms with Crippen LogP contribution in [-0.2, 0) is 4.79 Å². The molecule has 36 heavy (non-hydrogen) atoms. The molecule has 2 heterocycles. The van der Waals surface area contributed by atoms with Crippen molar-refractivity contribution >= 4 is 29.2 Å². The monoisotopic (exact) mass is 525 g/mol. The predicted molar refractivity (Wildman–Crippen MR) is 123 cm³/mol. The molecular weight excluding hydrogens is 503 g/mol. The van der Waals surface area contributed by atoms with E-state index in [4.69, 9.17) is 16.3 Å². The summed E-state index contributed by atoms with van der Waals surface area (Å²) in [5, 5.41) is 2.89. The summed E-state index contributed by atoms with van der Waals surface area (Å²) in [5.74, 6) is -0.902. The fourth-order valence-corrected chi connectivity index (χ4v) is 4.87. The summed E-state index contributed by atoms with van der Waals surface area (Å²) in [6.45, 7) is 0.687. The SMILES string of the molecule is O=C(COc1ccc(Cl)c(F)c1)NC1CCC(N2CCN(c3ccc4c(c3)OC(F)(F)O4)C2=O)CC1. The number of halogens is 4. The molecule has 1 saturated carbocycles. The van der Waals surface area contributed by atoms with Gasteiger partial charge in [0.1, 0.15) is 11.6 Å². The van der Waals surface area contributed by atoms with Crippen LogP contribution in [0, 0.1) is 5.82 Å². The second-order valence-electron chi connectivity index (χ2n) is 8.86. The zero-order chi connectivity index (χ0) is 25.4. The van der Waals surface area contributed by atoms with Crippen molar-refractivity contribution in [1.29, 1.82) is 0 Å². The third-order valence-corrected chi connectivity index (χ3v) is 6.81. The van der Waals surface area contributed by atoms with Gasteiger partial charge in [0.25, 0.3) is 5.91 Å². The Morgan fingerprint density at radius 1 is 1.08 bits per heavy atom. The minimum atomic E-state index is -3.71. The lowest BCUT2D eigenvalue weighted by Gasteiger charge is -2.34. The molecule has 1 saturated heterocycles. The van der Waals surface area contributed by atoms with Crippen molar-refractivity contribution in [2.45, 2.75) is 44.1 Å². The number of hydrogen-bond donors (Lipinski definition) is 1. The van der Waals surface area contributed by atoms with Gasteiger partial charge in [0, 0.05) is 43.0 Å². The van der Waals surface area contributed by atoms with Crippen LogP contribution in [0.15, 0.2) is 36.4 Å². The van der Waals surface area contributed by atoms with E-state index in [1.165, 1.54) is 29.2 Å². The molecular formula is C24H23ClF3N3O5. The standard InChI is InChI=1S/C24H23ClF3N3O5/c25-18-7-6-17(12-19(18)26)34-13-22(32)29-14-1-3-15(4-2-14)30-9-10-31(23(30)33)16-5-8-20-21(11-16)36-24(27,28)35-20/h5-8,11-12,14-15H,1-4,9-10,13H2,(H,29,32). The number of hydrogen-bond acceptors (Lipinski definition) is 5. The predicted octanol–water partition coefficient (Wildman–Crippen LogP) is 4.55. The molecule has 0 radical (unpaired) electrons. The number of benzene rings is 2. The van der Waals surface area contributed by atoms with Crippen LogP contribution in [0.5, 0.6) is 17.2 Å². The molecule has 0 unspecified atom stereocenters. The summed E-state index contributed by atoms with van der Waals surface area (Å²) in [6.07, 6.45) is -0.915.